The van der Waals surface area contributed by atoms with Crippen LogP contribution in [0.3, 0.4) is 0 Å². The van der Waals surface area contributed by atoms with Crippen LogP contribution >= 0.6 is 0 Å². The maximum absolute atomic E-state index is 12.7. The molecule has 0 aliphatic carbocycles. The van der Waals surface area contributed by atoms with Gasteiger partial charge in [0.05, 0.1) is 6.42 Å². The zero-order chi connectivity index (χ0) is 15.8. The number of rotatable bonds is 8. The minimum absolute atomic E-state index is 0.102. The Balaban J connectivity index is 2.54. The fourth-order valence-electron chi connectivity index (χ4n) is 1.76. The Labute approximate surface area is 123 Å². The molecule has 6 heteroatoms. The topological polar surface area (TPSA) is 66.8 Å². The highest BCUT2D eigenvalue weighted by molar-refractivity contribution is 5.78. The Morgan fingerprint density at radius 3 is 2.43 bits per heavy atom. The Morgan fingerprint density at radius 1 is 1.29 bits per heavy atom. The molecule has 1 aromatic rings. The average molecular weight is 297 g/mol. The molecule has 0 saturated carbocycles. The van der Waals surface area contributed by atoms with E-state index in [4.69, 9.17) is 9.84 Å². The normalized spacial score (nSPS) is 10.5. The first-order valence-electron chi connectivity index (χ1n) is 6.76. The molecule has 1 aromatic carbocycles. The lowest BCUT2D eigenvalue weighted by Gasteiger charge is -2.24. The van der Waals surface area contributed by atoms with Crippen molar-refractivity contribution in [1.82, 2.24) is 4.90 Å². The average Bonchev–Trinajstić information content (AvgIpc) is 2.42. The van der Waals surface area contributed by atoms with Gasteiger partial charge in [0.2, 0.25) is 0 Å². The summed E-state index contributed by atoms with van der Waals surface area (Å²) in [5.74, 6) is -0.983. The Hall–Kier alpha value is -2.11. The van der Waals surface area contributed by atoms with E-state index in [1.54, 1.807) is 0 Å². The predicted octanol–water partition coefficient (Wildman–Crippen LogP) is 2.16. The molecule has 0 radical (unpaired) electrons. The molecule has 1 rings (SSSR count). The van der Waals surface area contributed by atoms with Crippen molar-refractivity contribution in [2.75, 3.05) is 19.7 Å². The summed E-state index contributed by atoms with van der Waals surface area (Å²) in [6.45, 7) is 4.32. The lowest BCUT2D eigenvalue weighted by atomic mass is 10.2. The van der Waals surface area contributed by atoms with Crippen molar-refractivity contribution < 1.29 is 23.8 Å². The molecular formula is C15H20FNO4. The molecule has 0 spiro atoms. The lowest BCUT2D eigenvalue weighted by Crippen LogP contribution is -2.38. The SMILES string of the molecule is CC(C)CN(CCC(=O)O)C(=O)COc1ccc(F)cc1. The summed E-state index contributed by atoms with van der Waals surface area (Å²) in [7, 11) is 0. The van der Waals surface area contributed by atoms with E-state index in [9.17, 15) is 14.0 Å². The third-order valence-corrected chi connectivity index (χ3v) is 2.71. The summed E-state index contributed by atoms with van der Waals surface area (Å²) in [6.07, 6.45) is -0.102. The summed E-state index contributed by atoms with van der Waals surface area (Å²) >= 11 is 0. The fraction of sp³-hybridized carbons (Fsp3) is 0.467. The van der Waals surface area contributed by atoms with Crippen LogP contribution in [0.15, 0.2) is 24.3 Å². The van der Waals surface area contributed by atoms with Crippen molar-refractivity contribution >= 4 is 11.9 Å². The molecule has 116 valence electrons. The van der Waals surface area contributed by atoms with Gasteiger partial charge >= 0.3 is 5.97 Å². The van der Waals surface area contributed by atoms with Gasteiger partial charge in [0.1, 0.15) is 11.6 Å². The summed E-state index contributed by atoms with van der Waals surface area (Å²) < 4.78 is 18.0. The van der Waals surface area contributed by atoms with Crippen molar-refractivity contribution in [3.8, 4) is 5.75 Å². The molecule has 5 nitrogen and oxygen atoms in total. The monoisotopic (exact) mass is 297 g/mol. The molecule has 0 unspecified atom stereocenters. The first-order chi connectivity index (χ1) is 9.88. The van der Waals surface area contributed by atoms with Crippen molar-refractivity contribution in [2.45, 2.75) is 20.3 Å². The van der Waals surface area contributed by atoms with Crippen LogP contribution in [0.4, 0.5) is 4.39 Å². The van der Waals surface area contributed by atoms with Crippen LogP contribution in [0.25, 0.3) is 0 Å². The van der Waals surface area contributed by atoms with E-state index in [0.29, 0.717) is 12.3 Å². The number of carbonyl (C=O) groups is 2. The number of carboxylic acid groups (broad SMARTS) is 1. The largest absolute Gasteiger partial charge is 0.484 e. The zero-order valence-electron chi connectivity index (χ0n) is 12.2. The third-order valence-electron chi connectivity index (χ3n) is 2.71. The van der Waals surface area contributed by atoms with Crippen molar-refractivity contribution in [3.63, 3.8) is 0 Å². The van der Waals surface area contributed by atoms with Crippen molar-refractivity contribution in [3.05, 3.63) is 30.1 Å². The molecule has 1 amide bonds. The van der Waals surface area contributed by atoms with Gasteiger partial charge in [0.25, 0.3) is 5.91 Å². The molecule has 0 heterocycles. The number of aliphatic carboxylic acids is 1. The second kappa shape index (κ2) is 8.24. The van der Waals surface area contributed by atoms with Gasteiger partial charge in [-0.25, -0.2) is 4.39 Å². The number of amides is 1. The highest BCUT2D eigenvalue weighted by Crippen LogP contribution is 2.11. The molecule has 0 aliphatic rings. The summed E-state index contributed by atoms with van der Waals surface area (Å²) in [5, 5.41) is 8.71. The Morgan fingerprint density at radius 2 is 1.90 bits per heavy atom. The van der Waals surface area contributed by atoms with Gasteiger partial charge in [-0.2, -0.15) is 0 Å². The van der Waals surface area contributed by atoms with Gasteiger partial charge in [-0.1, -0.05) is 13.8 Å². The van der Waals surface area contributed by atoms with Crippen LogP contribution in [0.5, 0.6) is 5.75 Å². The number of halogens is 1. The second-order valence-corrected chi connectivity index (χ2v) is 5.12. The van der Waals surface area contributed by atoms with Gasteiger partial charge in [-0.15, -0.1) is 0 Å². The molecular weight excluding hydrogens is 277 g/mol. The second-order valence-electron chi connectivity index (χ2n) is 5.12. The van der Waals surface area contributed by atoms with E-state index in [0.717, 1.165) is 0 Å². The van der Waals surface area contributed by atoms with Crippen molar-refractivity contribution in [2.24, 2.45) is 5.92 Å². The van der Waals surface area contributed by atoms with Gasteiger partial charge < -0.3 is 14.7 Å². The molecule has 0 bridgehead atoms. The zero-order valence-corrected chi connectivity index (χ0v) is 12.2. The van der Waals surface area contributed by atoms with Crippen molar-refractivity contribution in [1.29, 1.82) is 0 Å². The number of benzene rings is 1. The molecule has 0 aromatic heterocycles. The van der Waals surface area contributed by atoms with Gasteiger partial charge in [0.15, 0.2) is 6.61 Å². The first-order valence-corrected chi connectivity index (χ1v) is 6.76. The highest BCUT2D eigenvalue weighted by atomic mass is 19.1. The smallest absolute Gasteiger partial charge is 0.305 e. The van der Waals surface area contributed by atoms with E-state index in [2.05, 4.69) is 0 Å². The number of carboxylic acids is 1. The summed E-state index contributed by atoms with van der Waals surface area (Å²) in [6, 6.07) is 5.37. The maximum Gasteiger partial charge on any atom is 0.305 e. The quantitative estimate of drug-likeness (QED) is 0.798. The highest BCUT2D eigenvalue weighted by Gasteiger charge is 2.16. The molecule has 0 saturated heterocycles. The molecule has 0 aliphatic heterocycles. The first kappa shape index (κ1) is 16.9. The van der Waals surface area contributed by atoms with E-state index in [1.807, 2.05) is 13.8 Å². The standard InChI is InChI=1S/C15H20FNO4/c1-11(2)9-17(8-7-15(19)20)14(18)10-21-13-5-3-12(16)4-6-13/h3-6,11H,7-10H2,1-2H3,(H,19,20). The summed E-state index contributed by atoms with van der Waals surface area (Å²) in [5.41, 5.74) is 0. The minimum atomic E-state index is -0.948. The van der Waals surface area contributed by atoms with Gasteiger partial charge in [-0.3, -0.25) is 9.59 Å². The molecule has 21 heavy (non-hydrogen) atoms. The van der Waals surface area contributed by atoms with Crippen LogP contribution in [0, 0.1) is 11.7 Å². The van der Waals surface area contributed by atoms with E-state index in [-0.39, 0.29) is 37.2 Å². The number of carbonyl (C=O) groups excluding carboxylic acids is 1. The third kappa shape index (κ3) is 6.74. The summed E-state index contributed by atoms with van der Waals surface area (Å²) in [4.78, 5) is 24.2. The van der Waals surface area contributed by atoms with Crippen LogP contribution in [-0.4, -0.2) is 41.6 Å². The Bertz CT molecular complexity index is 473. The van der Waals surface area contributed by atoms with E-state index in [1.165, 1.54) is 29.2 Å². The van der Waals surface area contributed by atoms with Crippen LogP contribution in [0.2, 0.25) is 0 Å². The predicted molar refractivity (Wildman–Crippen MR) is 75.6 cm³/mol. The van der Waals surface area contributed by atoms with Crippen LogP contribution in [0.1, 0.15) is 20.3 Å². The van der Waals surface area contributed by atoms with E-state index < -0.39 is 5.97 Å². The maximum atomic E-state index is 12.7. The molecule has 0 fully saturated rings. The fourth-order valence-corrected chi connectivity index (χ4v) is 1.76. The lowest BCUT2D eigenvalue weighted by molar-refractivity contribution is -0.139. The van der Waals surface area contributed by atoms with Gasteiger partial charge in [0, 0.05) is 13.1 Å². The number of ether oxygens (including phenoxy) is 1. The van der Waals surface area contributed by atoms with Crippen LogP contribution in [-0.2, 0) is 9.59 Å². The molecule has 1 N–H and O–H groups in total. The number of nitrogens with zero attached hydrogens (tertiary/aromatic N) is 1. The number of hydrogen-bond acceptors (Lipinski definition) is 3. The minimum Gasteiger partial charge on any atom is -0.484 e. The van der Waals surface area contributed by atoms with E-state index >= 15 is 0 Å². The Kier molecular flexibility index (Phi) is 6.65. The number of hydrogen-bond donors (Lipinski definition) is 1. The molecule has 0 atom stereocenters. The van der Waals surface area contributed by atoms with Crippen LogP contribution < -0.4 is 4.74 Å². The van der Waals surface area contributed by atoms with Gasteiger partial charge in [-0.05, 0) is 30.2 Å².